The van der Waals surface area contributed by atoms with Gasteiger partial charge in [0.25, 0.3) is 11.5 Å². The van der Waals surface area contributed by atoms with E-state index in [1.807, 2.05) is 13.0 Å². The van der Waals surface area contributed by atoms with Gasteiger partial charge in [0.05, 0.1) is 4.53 Å². The number of amides is 1. The van der Waals surface area contributed by atoms with Gasteiger partial charge in [-0.15, -0.1) is 17.9 Å². The van der Waals surface area contributed by atoms with Crippen LogP contribution in [0, 0.1) is 11.3 Å². The molecule has 0 aliphatic rings. The zero-order chi connectivity index (χ0) is 23.5. The maximum Gasteiger partial charge on any atom is 0.387 e. The van der Waals surface area contributed by atoms with E-state index < -0.39 is 18.1 Å². The van der Waals surface area contributed by atoms with Crippen molar-refractivity contribution in [1.29, 1.82) is 5.26 Å². The van der Waals surface area contributed by atoms with Crippen LogP contribution in [0.3, 0.4) is 0 Å². The topological polar surface area (TPSA) is 93.3 Å². The summed E-state index contributed by atoms with van der Waals surface area (Å²) < 4.78 is 36.7. The summed E-state index contributed by atoms with van der Waals surface area (Å²) in [6, 6.07) is 7.89. The number of para-hydroxylation sites is 1. The van der Waals surface area contributed by atoms with Gasteiger partial charge in [-0.1, -0.05) is 24.3 Å². The molecule has 0 saturated heterocycles. The van der Waals surface area contributed by atoms with Crippen LogP contribution in [-0.2, 0) is 16.1 Å². The Hall–Kier alpha value is -3.29. The van der Waals surface area contributed by atoms with E-state index in [1.54, 1.807) is 6.07 Å². The van der Waals surface area contributed by atoms with Crippen molar-refractivity contribution in [3.63, 3.8) is 0 Å². The number of alkyl halides is 2. The number of carbonyl (C=O) groups is 1. The van der Waals surface area contributed by atoms with Gasteiger partial charge >= 0.3 is 6.61 Å². The summed E-state index contributed by atoms with van der Waals surface area (Å²) in [4.78, 5) is 25.5. The van der Waals surface area contributed by atoms with E-state index >= 15 is 0 Å². The molecule has 2 aromatic rings. The van der Waals surface area contributed by atoms with E-state index in [0.29, 0.717) is 26.2 Å². The molecule has 0 fully saturated rings. The van der Waals surface area contributed by atoms with Crippen LogP contribution < -0.4 is 24.8 Å². The molecule has 0 aliphatic heterocycles. The second-order valence-electron chi connectivity index (χ2n) is 6.33. The van der Waals surface area contributed by atoms with Gasteiger partial charge in [0.15, 0.2) is 5.57 Å². The number of nitriles is 1. The number of carbonyl (C=O) groups excluding carboxylic acids is 1. The van der Waals surface area contributed by atoms with Crippen molar-refractivity contribution in [2.45, 2.75) is 26.5 Å². The molecule has 0 unspecified atom stereocenters. The molecule has 7 nitrogen and oxygen atoms in total. The number of aromatic nitrogens is 1. The Kier molecular flexibility index (Phi) is 9.78. The molecule has 0 atom stereocenters. The highest BCUT2D eigenvalue weighted by Crippen LogP contribution is 2.20. The first kappa shape index (κ1) is 25.0. The highest BCUT2D eigenvalue weighted by Gasteiger charge is 2.16. The van der Waals surface area contributed by atoms with Crippen molar-refractivity contribution in [1.82, 2.24) is 9.88 Å². The molecular formula is C22H23F2N3O4S. The minimum atomic E-state index is -3.02. The molecule has 170 valence electrons. The molecule has 32 heavy (non-hydrogen) atoms. The zero-order valence-corrected chi connectivity index (χ0v) is 18.3. The van der Waals surface area contributed by atoms with Crippen LogP contribution in [0.15, 0.2) is 41.7 Å². The van der Waals surface area contributed by atoms with E-state index in [1.165, 1.54) is 34.9 Å². The number of thiazole rings is 1. The lowest BCUT2D eigenvalue weighted by molar-refractivity contribution is -0.115. The number of hydrogen-bond acceptors (Lipinski definition) is 6. The summed E-state index contributed by atoms with van der Waals surface area (Å²) in [7, 11) is 0. The Labute approximate surface area is 187 Å². The summed E-state index contributed by atoms with van der Waals surface area (Å²) in [5, 5.41) is 12.2. The van der Waals surface area contributed by atoms with Crippen LogP contribution in [0.2, 0.25) is 0 Å². The summed E-state index contributed by atoms with van der Waals surface area (Å²) >= 11 is 0.916. The van der Waals surface area contributed by atoms with Crippen molar-refractivity contribution in [3.05, 3.63) is 62.0 Å². The van der Waals surface area contributed by atoms with Gasteiger partial charge in [0.2, 0.25) is 0 Å². The maximum absolute atomic E-state index is 12.9. The molecule has 10 heteroatoms. The molecule has 0 aliphatic carbocycles. The van der Waals surface area contributed by atoms with Crippen LogP contribution in [0.5, 0.6) is 5.75 Å². The molecule has 0 saturated carbocycles. The minimum Gasteiger partial charge on any atom is -0.434 e. The first-order valence-electron chi connectivity index (χ1n) is 9.79. The molecule has 0 bridgehead atoms. The number of nitrogens with zero attached hydrogens (tertiary/aromatic N) is 2. The standard InChI is InChI=1S/C22H23F2N3O4S/c1-3-11-27-20(29)18(13-15-8-5-6-9-17(15)31-22(23)24)32-21(27)16(14-25)19(28)26-10-7-12-30-4-2/h3,5-6,8-9,13,22H,1,4,7,10-12H2,2H3,(H,26,28). The number of allylic oxidation sites excluding steroid dienone is 1. The molecule has 1 amide bonds. The Balaban J connectivity index is 2.54. The Morgan fingerprint density at radius 3 is 2.81 bits per heavy atom. The van der Waals surface area contributed by atoms with Gasteiger partial charge < -0.3 is 14.8 Å². The molecule has 1 aromatic carbocycles. The first-order valence-corrected chi connectivity index (χ1v) is 10.6. The van der Waals surface area contributed by atoms with E-state index in [4.69, 9.17) is 4.74 Å². The fraction of sp³-hybridized carbons (Fsp3) is 0.318. The highest BCUT2D eigenvalue weighted by molar-refractivity contribution is 7.07. The number of rotatable bonds is 11. The SMILES string of the molecule is C=CCn1c(=C(C#N)C(=O)NCCCOCC)sc(=Cc2ccccc2OC(F)F)c1=O. The number of halogens is 2. The van der Waals surface area contributed by atoms with Crippen molar-refractivity contribution in [3.8, 4) is 11.8 Å². The molecule has 0 radical (unpaired) electrons. The summed E-state index contributed by atoms with van der Waals surface area (Å²) in [6.45, 7) is 3.86. The summed E-state index contributed by atoms with van der Waals surface area (Å²) in [6.07, 6.45) is 3.43. The second-order valence-corrected chi connectivity index (χ2v) is 7.36. The van der Waals surface area contributed by atoms with Crippen molar-refractivity contribution in [2.24, 2.45) is 0 Å². The highest BCUT2D eigenvalue weighted by atomic mass is 32.1. The number of hydrogen-bond donors (Lipinski definition) is 1. The molecule has 1 aromatic heterocycles. The average Bonchev–Trinajstić information content (AvgIpc) is 3.05. The van der Waals surface area contributed by atoms with E-state index in [2.05, 4.69) is 16.6 Å². The van der Waals surface area contributed by atoms with E-state index in [0.717, 1.165) is 11.3 Å². The minimum absolute atomic E-state index is 0.0660. The average molecular weight is 464 g/mol. The number of nitrogens with one attached hydrogen (secondary N) is 1. The van der Waals surface area contributed by atoms with Gasteiger partial charge in [-0.05, 0) is 25.5 Å². The van der Waals surface area contributed by atoms with Crippen LogP contribution in [-0.4, -0.2) is 36.8 Å². The number of ether oxygens (including phenoxy) is 2. The third-order valence-corrected chi connectivity index (χ3v) is 5.28. The van der Waals surface area contributed by atoms with Crippen molar-refractivity contribution >= 4 is 28.9 Å². The largest absolute Gasteiger partial charge is 0.434 e. The normalized spacial score (nSPS) is 12.4. The van der Waals surface area contributed by atoms with Crippen molar-refractivity contribution < 1.29 is 23.0 Å². The Bertz CT molecular complexity index is 1170. The molecule has 2 rings (SSSR count). The molecule has 1 N–H and O–H groups in total. The lowest BCUT2D eigenvalue weighted by Crippen LogP contribution is -2.35. The molecule has 0 spiro atoms. The van der Waals surface area contributed by atoms with Gasteiger partial charge in [0.1, 0.15) is 16.5 Å². The van der Waals surface area contributed by atoms with Crippen LogP contribution in [0.25, 0.3) is 11.6 Å². The van der Waals surface area contributed by atoms with Crippen molar-refractivity contribution in [2.75, 3.05) is 19.8 Å². The maximum atomic E-state index is 12.9. The quantitative estimate of drug-likeness (QED) is 0.405. The van der Waals surface area contributed by atoms with Crippen LogP contribution in [0.4, 0.5) is 8.78 Å². The third kappa shape index (κ3) is 6.60. The summed E-state index contributed by atoms with van der Waals surface area (Å²) in [5.41, 5.74) is -0.432. The predicted molar refractivity (Wildman–Crippen MR) is 118 cm³/mol. The van der Waals surface area contributed by atoms with Gasteiger partial charge in [-0.2, -0.15) is 14.0 Å². The smallest absolute Gasteiger partial charge is 0.387 e. The lowest BCUT2D eigenvalue weighted by atomic mass is 10.2. The van der Waals surface area contributed by atoms with Gasteiger partial charge in [-0.3, -0.25) is 14.2 Å². The number of benzene rings is 1. The Morgan fingerprint density at radius 1 is 1.41 bits per heavy atom. The Morgan fingerprint density at radius 2 is 2.16 bits per heavy atom. The van der Waals surface area contributed by atoms with E-state index in [-0.39, 0.29) is 32.6 Å². The first-order chi connectivity index (χ1) is 15.4. The zero-order valence-electron chi connectivity index (χ0n) is 17.5. The van der Waals surface area contributed by atoms with Gasteiger partial charge in [0, 0.05) is 31.9 Å². The second kappa shape index (κ2) is 12.5. The monoisotopic (exact) mass is 463 g/mol. The molecule has 1 heterocycles. The predicted octanol–water partition coefficient (Wildman–Crippen LogP) is 1.74. The van der Waals surface area contributed by atoms with E-state index in [9.17, 15) is 23.6 Å². The van der Waals surface area contributed by atoms with Gasteiger partial charge in [-0.25, -0.2) is 0 Å². The molecular weight excluding hydrogens is 440 g/mol. The fourth-order valence-corrected chi connectivity index (χ4v) is 3.85. The van der Waals surface area contributed by atoms with Crippen LogP contribution >= 0.6 is 11.3 Å². The summed E-state index contributed by atoms with van der Waals surface area (Å²) in [5.74, 6) is -0.709. The van der Waals surface area contributed by atoms with Crippen LogP contribution in [0.1, 0.15) is 18.9 Å². The third-order valence-electron chi connectivity index (χ3n) is 4.15. The lowest BCUT2D eigenvalue weighted by Gasteiger charge is -2.06. The fourth-order valence-electron chi connectivity index (χ4n) is 2.75.